The van der Waals surface area contributed by atoms with Crippen molar-refractivity contribution in [3.63, 3.8) is 0 Å². The predicted octanol–water partition coefficient (Wildman–Crippen LogP) is 6.54. The minimum Gasteiger partial charge on any atom is -0.383 e. The Morgan fingerprint density at radius 2 is 1.71 bits per heavy atom. The first-order valence-electron chi connectivity index (χ1n) is 11.8. The first-order valence-corrected chi connectivity index (χ1v) is 12.6. The summed E-state index contributed by atoms with van der Waals surface area (Å²) in [6, 6.07) is 18.3. The third-order valence-electron chi connectivity index (χ3n) is 5.73. The first kappa shape index (κ1) is 24.7. The molecule has 38 heavy (non-hydrogen) atoms. The number of nitrogens with zero attached hydrogens (tertiary/aromatic N) is 2. The number of rotatable bonds is 6. The van der Waals surface area contributed by atoms with Gasteiger partial charge in [0.25, 0.3) is 0 Å². The van der Waals surface area contributed by atoms with Crippen LogP contribution in [0.25, 0.3) is 27.3 Å². The van der Waals surface area contributed by atoms with Crippen molar-refractivity contribution in [3.8, 4) is 11.1 Å². The van der Waals surface area contributed by atoms with Gasteiger partial charge in [0.1, 0.15) is 5.82 Å². The standard InChI is InChI=1S/C29H24N6O2S/c1-18-4-2-5-22(14-18)35-29(37)34-21-10-7-19(8-11-21)24-17-38-27-20(15-32-28(30)26(24)27)9-12-25(36)33-23-6-3-13-31-16-23/h2-17H,1H3,(H2,30,32)(H,33,36)(H2,34,35,37). The third-order valence-corrected chi connectivity index (χ3v) is 6.75. The molecule has 0 radical (unpaired) electrons. The molecule has 0 atom stereocenters. The quantitative estimate of drug-likeness (QED) is 0.189. The maximum atomic E-state index is 12.4. The fourth-order valence-corrected chi connectivity index (χ4v) is 5.03. The Bertz CT molecular complexity index is 1650. The zero-order chi connectivity index (χ0) is 26.5. The summed E-state index contributed by atoms with van der Waals surface area (Å²) in [6.07, 6.45) is 8.06. The molecular weight excluding hydrogens is 496 g/mol. The SMILES string of the molecule is Cc1cccc(NC(=O)Nc2ccc(-c3csc4c(C=CC(=O)Nc5cccnc5)cnc(N)c34)cc2)c1. The van der Waals surface area contributed by atoms with E-state index in [0.717, 1.165) is 38.0 Å². The van der Waals surface area contributed by atoms with Gasteiger partial charge in [-0.3, -0.25) is 9.78 Å². The maximum absolute atomic E-state index is 12.4. The van der Waals surface area contributed by atoms with Crippen LogP contribution in [0.3, 0.4) is 0 Å². The molecule has 8 nitrogen and oxygen atoms in total. The summed E-state index contributed by atoms with van der Waals surface area (Å²) >= 11 is 1.53. The molecule has 2 aromatic carbocycles. The molecule has 0 fully saturated rings. The van der Waals surface area contributed by atoms with Crippen LogP contribution in [-0.2, 0) is 4.79 Å². The number of fused-ring (bicyclic) bond motifs is 1. The highest BCUT2D eigenvalue weighted by Crippen LogP contribution is 2.39. The van der Waals surface area contributed by atoms with Gasteiger partial charge in [-0.05, 0) is 65.9 Å². The van der Waals surface area contributed by atoms with E-state index < -0.39 is 0 Å². The minimum absolute atomic E-state index is 0.269. The fourth-order valence-electron chi connectivity index (χ4n) is 3.95. The van der Waals surface area contributed by atoms with Crippen molar-refractivity contribution >= 4 is 62.3 Å². The zero-order valence-electron chi connectivity index (χ0n) is 20.4. The molecule has 0 saturated carbocycles. The van der Waals surface area contributed by atoms with E-state index in [0.29, 0.717) is 17.2 Å². The molecule has 9 heteroatoms. The molecule has 0 spiro atoms. The summed E-state index contributed by atoms with van der Waals surface area (Å²) in [4.78, 5) is 33.1. The largest absolute Gasteiger partial charge is 0.383 e. The van der Waals surface area contributed by atoms with Crippen LogP contribution in [0.4, 0.5) is 27.7 Å². The second-order valence-corrected chi connectivity index (χ2v) is 9.42. The number of aryl methyl sites for hydroxylation is 1. The number of thiophene rings is 1. The third kappa shape index (κ3) is 5.69. The number of urea groups is 1. The van der Waals surface area contributed by atoms with Crippen molar-refractivity contribution in [2.24, 2.45) is 0 Å². The Hall–Kier alpha value is -5.02. The summed E-state index contributed by atoms with van der Waals surface area (Å²) in [5.41, 5.74) is 12.0. The lowest BCUT2D eigenvalue weighted by atomic mass is 10.0. The van der Waals surface area contributed by atoms with Gasteiger partial charge >= 0.3 is 6.03 Å². The van der Waals surface area contributed by atoms with Crippen molar-refractivity contribution in [1.29, 1.82) is 0 Å². The molecule has 5 N–H and O–H groups in total. The van der Waals surface area contributed by atoms with Crippen LogP contribution in [0.1, 0.15) is 11.1 Å². The first-order chi connectivity index (χ1) is 18.5. The van der Waals surface area contributed by atoms with Gasteiger partial charge in [0.2, 0.25) is 5.91 Å². The van der Waals surface area contributed by atoms with Crippen LogP contribution >= 0.6 is 11.3 Å². The van der Waals surface area contributed by atoms with Gasteiger partial charge in [0, 0.05) is 51.1 Å². The number of hydrogen-bond donors (Lipinski definition) is 4. The Labute approximate surface area is 223 Å². The monoisotopic (exact) mass is 520 g/mol. The Morgan fingerprint density at radius 3 is 2.47 bits per heavy atom. The van der Waals surface area contributed by atoms with Crippen molar-refractivity contribution in [2.75, 3.05) is 21.7 Å². The molecule has 0 saturated heterocycles. The van der Waals surface area contributed by atoms with E-state index in [4.69, 9.17) is 5.73 Å². The summed E-state index contributed by atoms with van der Waals surface area (Å²) in [5.74, 6) is 0.141. The van der Waals surface area contributed by atoms with Crippen molar-refractivity contribution in [2.45, 2.75) is 6.92 Å². The highest BCUT2D eigenvalue weighted by Gasteiger charge is 2.14. The van der Waals surface area contributed by atoms with Gasteiger partial charge in [-0.1, -0.05) is 24.3 Å². The van der Waals surface area contributed by atoms with Gasteiger partial charge < -0.3 is 21.7 Å². The highest BCUT2D eigenvalue weighted by molar-refractivity contribution is 7.18. The van der Waals surface area contributed by atoms with Crippen molar-refractivity contribution in [3.05, 3.63) is 102 Å². The van der Waals surface area contributed by atoms with Crippen molar-refractivity contribution in [1.82, 2.24) is 9.97 Å². The molecule has 0 aliphatic heterocycles. The highest BCUT2D eigenvalue weighted by atomic mass is 32.1. The second-order valence-electron chi connectivity index (χ2n) is 8.54. The van der Waals surface area contributed by atoms with E-state index in [1.807, 2.05) is 60.8 Å². The van der Waals surface area contributed by atoms with Gasteiger partial charge in [0.15, 0.2) is 0 Å². The van der Waals surface area contributed by atoms with Crippen LogP contribution in [0.15, 0.2) is 90.7 Å². The summed E-state index contributed by atoms with van der Waals surface area (Å²) in [5, 5.41) is 11.3. The number of anilines is 4. The average molecular weight is 521 g/mol. The predicted molar refractivity (Wildman–Crippen MR) is 155 cm³/mol. The summed E-state index contributed by atoms with van der Waals surface area (Å²) < 4.78 is 0.928. The van der Waals surface area contributed by atoms with Crippen molar-refractivity contribution < 1.29 is 9.59 Å². The van der Waals surface area contributed by atoms with E-state index in [1.54, 1.807) is 36.8 Å². The second kappa shape index (κ2) is 10.9. The minimum atomic E-state index is -0.318. The molecule has 0 unspecified atom stereocenters. The molecular formula is C29H24N6O2S. The normalized spacial score (nSPS) is 11.0. The number of amides is 3. The molecule has 0 aliphatic carbocycles. The van der Waals surface area contributed by atoms with E-state index in [1.165, 1.54) is 17.4 Å². The zero-order valence-corrected chi connectivity index (χ0v) is 21.3. The number of benzene rings is 2. The molecule has 3 amide bonds. The fraction of sp³-hybridized carbons (Fsp3) is 0.0345. The smallest absolute Gasteiger partial charge is 0.323 e. The lowest BCUT2D eigenvalue weighted by Gasteiger charge is -2.09. The van der Waals surface area contributed by atoms with Gasteiger partial charge in [-0.25, -0.2) is 9.78 Å². The van der Waals surface area contributed by atoms with E-state index in [9.17, 15) is 9.59 Å². The number of pyridine rings is 2. The van der Waals surface area contributed by atoms with E-state index in [-0.39, 0.29) is 11.9 Å². The molecule has 3 heterocycles. The average Bonchev–Trinajstić information content (AvgIpc) is 3.36. The van der Waals surface area contributed by atoms with Gasteiger partial charge in [-0.2, -0.15) is 0 Å². The number of nitrogen functional groups attached to an aromatic ring is 1. The molecule has 0 aliphatic rings. The Balaban J connectivity index is 1.32. The number of nitrogens with one attached hydrogen (secondary N) is 3. The van der Waals surface area contributed by atoms with Crippen LogP contribution in [0.5, 0.6) is 0 Å². The summed E-state index contributed by atoms with van der Waals surface area (Å²) in [7, 11) is 0. The van der Waals surface area contributed by atoms with Crippen LogP contribution in [-0.4, -0.2) is 21.9 Å². The number of carbonyl (C=O) groups excluding carboxylic acids is 2. The summed E-state index contributed by atoms with van der Waals surface area (Å²) in [6.45, 7) is 1.97. The van der Waals surface area contributed by atoms with Gasteiger partial charge in [-0.15, -0.1) is 11.3 Å². The molecule has 5 rings (SSSR count). The van der Waals surface area contributed by atoms with Crippen LogP contribution < -0.4 is 21.7 Å². The molecule has 5 aromatic rings. The number of nitrogens with two attached hydrogens (primary N) is 1. The molecule has 3 aromatic heterocycles. The van der Waals surface area contributed by atoms with E-state index >= 15 is 0 Å². The van der Waals surface area contributed by atoms with Crippen LogP contribution in [0, 0.1) is 6.92 Å². The molecule has 188 valence electrons. The molecule has 0 bridgehead atoms. The lowest BCUT2D eigenvalue weighted by molar-refractivity contribution is -0.111. The topological polar surface area (TPSA) is 122 Å². The number of carbonyl (C=O) groups is 2. The van der Waals surface area contributed by atoms with E-state index in [2.05, 4.69) is 25.9 Å². The lowest BCUT2D eigenvalue weighted by Crippen LogP contribution is -2.19. The number of hydrogen-bond acceptors (Lipinski definition) is 6. The van der Waals surface area contributed by atoms with Gasteiger partial charge in [0.05, 0.1) is 11.9 Å². The Morgan fingerprint density at radius 1 is 0.921 bits per heavy atom. The Kier molecular flexibility index (Phi) is 7.10. The number of aromatic nitrogens is 2. The maximum Gasteiger partial charge on any atom is 0.323 e. The van der Waals surface area contributed by atoms with Crippen LogP contribution in [0.2, 0.25) is 0 Å².